The minimum atomic E-state index is -0.536. The molecule has 1 aliphatic rings. The predicted molar refractivity (Wildman–Crippen MR) is 135 cm³/mol. The van der Waals surface area contributed by atoms with E-state index in [4.69, 9.17) is 27.9 Å². The van der Waals surface area contributed by atoms with Crippen molar-refractivity contribution < 1.29 is 14.3 Å². The van der Waals surface area contributed by atoms with Crippen molar-refractivity contribution in [2.45, 2.75) is 27.3 Å². The Hall–Kier alpha value is -3.28. The average Bonchev–Trinajstić information content (AvgIpc) is 3.23. The number of hydrogen-bond acceptors (Lipinski definition) is 3. The zero-order valence-electron chi connectivity index (χ0n) is 19.4. The predicted octanol–water partition coefficient (Wildman–Crippen LogP) is 6.27. The van der Waals surface area contributed by atoms with E-state index < -0.39 is 5.97 Å². The Labute approximate surface area is 208 Å². The summed E-state index contributed by atoms with van der Waals surface area (Å²) in [6, 6.07) is 17.1. The fourth-order valence-corrected chi connectivity index (χ4v) is 4.59. The summed E-state index contributed by atoms with van der Waals surface area (Å²) in [5.41, 5.74) is 5.68. The molecule has 2 aromatic carbocycles. The van der Waals surface area contributed by atoms with E-state index in [0.717, 1.165) is 28.2 Å². The van der Waals surface area contributed by atoms with E-state index in [1.165, 1.54) is 7.11 Å². The molecule has 5 nitrogen and oxygen atoms in total. The van der Waals surface area contributed by atoms with Gasteiger partial charge in [0.05, 0.1) is 34.8 Å². The molecule has 4 rings (SSSR count). The molecule has 0 radical (unpaired) electrons. The second kappa shape index (κ2) is 9.53. The number of amides is 1. The van der Waals surface area contributed by atoms with Crippen LogP contribution in [-0.2, 0) is 20.9 Å². The third-order valence-corrected chi connectivity index (χ3v) is 6.76. The van der Waals surface area contributed by atoms with Crippen LogP contribution in [0.4, 0.5) is 0 Å². The number of halogens is 2. The van der Waals surface area contributed by atoms with Crippen LogP contribution in [0.5, 0.6) is 0 Å². The first kappa shape index (κ1) is 23.9. The normalized spacial score (nSPS) is 14.9. The van der Waals surface area contributed by atoms with E-state index in [-0.39, 0.29) is 11.5 Å². The molecule has 0 atom stereocenters. The number of hydrogen-bond donors (Lipinski definition) is 0. The summed E-state index contributed by atoms with van der Waals surface area (Å²) in [6.45, 7) is 6.06. The fourth-order valence-electron chi connectivity index (χ4n) is 4.30. The molecule has 0 bridgehead atoms. The number of carbonyl (C=O) groups is 2. The summed E-state index contributed by atoms with van der Waals surface area (Å²) in [7, 11) is 1.32. The van der Waals surface area contributed by atoms with Gasteiger partial charge in [0.1, 0.15) is 0 Å². The summed E-state index contributed by atoms with van der Waals surface area (Å²) >= 11 is 12.3. The maximum absolute atomic E-state index is 13.5. The summed E-state index contributed by atoms with van der Waals surface area (Å²) < 4.78 is 7.06. The van der Waals surface area contributed by atoms with Gasteiger partial charge in [0.25, 0.3) is 5.91 Å². The van der Waals surface area contributed by atoms with Crippen molar-refractivity contribution in [3.05, 3.63) is 104 Å². The molecule has 1 aromatic heterocycles. The third kappa shape index (κ3) is 4.29. The van der Waals surface area contributed by atoms with Crippen molar-refractivity contribution >= 4 is 41.2 Å². The lowest BCUT2D eigenvalue weighted by Gasteiger charge is -2.17. The molecule has 3 aromatic rings. The number of esters is 1. The molecule has 1 aliphatic heterocycles. The minimum absolute atomic E-state index is 0.235. The highest BCUT2D eigenvalue weighted by Gasteiger charge is 2.37. The molecule has 0 unspecified atom stereocenters. The largest absolute Gasteiger partial charge is 0.465 e. The molecular formula is C27H24Cl2N2O3. The monoisotopic (exact) mass is 494 g/mol. The van der Waals surface area contributed by atoms with Crippen molar-refractivity contribution in [3.63, 3.8) is 0 Å². The first-order valence-corrected chi connectivity index (χ1v) is 11.5. The molecule has 0 aliphatic carbocycles. The Morgan fingerprint density at radius 3 is 2.35 bits per heavy atom. The lowest BCUT2D eigenvalue weighted by Crippen LogP contribution is -2.24. The van der Waals surface area contributed by atoms with Crippen LogP contribution in [0.15, 0.2) is 71.4 Å². The smallest absolute Gasteiger partial charge is 0.340 e. The molecule has 1 amide bonds. The highest BCUT2D eigenvalue weighted by Crippen LogP contribution is 2.34. The topological polar surface area (TPSA) is 51.5 Å². The number of aryl methyl sites for hydroxylation is 1. The lowest BCUT2D eigenvalue weighted by atomic mass is 10.0. The number of benzene rings is 2. The molecule has 0 spiro atoms. The number of carbonyl (C=O) groups excluding carboxylic acids is 2. The van der Waals surface area contributed by atoms with Crippen LogP contribution in [-0.4, -0.2) is 28.5 Å². The molecular weight excluding hydrogens is 471 g/mol. The first-order valence-electron chi connectivity index (χ1n) is 10.7. The van der Waals surface area contributed by atoms with Crippen molar-refractivity contribution in [3.8, 4) is 5.69 Å². The minimum Gasteiger partial charge on any atom is -0.465 e. The van der Waals surface area contributed by atoms with Crippen molar-refractivity contribution in [1.82, 2.24) is 9.47 Å². The second-order valence-electron chi connectivity index (χ2n) is 8.15. The zero-order chi connectivity index (χ0) is 24.6. The number of ether oxygens (including phenoxy) is 1. The molecule has 0 fully saturated rings. The van der Waals surface area contributed by atoms with Crippen LogP contribution >= 0.6 is 23.2 Å². The standard InChI is InChI=1S/C27H24Cl2N2O3/c1-16-12-20(17(2)31(16)21-10-11-23(28)24(29)14-21)13-22-25(27(33)34-4)18(3)30(26(22)32)15-19-8-6-5-7-9-19/h5-14H,15H2,1-4H3/b22-13-. The van der Waals surface area contributed by atoms with Crippen LogP contribution in [0, 0.1) is 13.8 Å². The zero-order valence-corrected chi connectivity index (χ0v) is 20.9. The number of aromatic nitrogens is 1. The van der Waals surface area contributed by atoms with E-state index in [0.29, 0.717) is 27.9 Å². The van der Waals surface area contributed by atoms with Crippen LogP contribution in [0.1, 0.15) is 29.4 Å². The molecule has 7 heteroatoms. The van der Waals surface area contributed by atoms with Gasteiger partial charge in [-0.25, -0.2) is 4.79 Å². The number of rotatable bonds is 5. The van der Waals surface area contributed by atoms with Gasteiger partial charge in [-0.2, -0.15) is 0 Å². The van der Waals surface area contributed by atoms with Gasteiger partial charge < -0.3 is 14.2 Å². The molecule has 2 heterocycles. The highest BCUT2D eigenvalue weighted by molar-refractivity contribution is 6.42. The fraction of sp³-hybridized carbons (Fsp3) is 0.185. The van der Waals surface area contributed by atoms with Crippen molar-refractivity contribution in [2.24, 2.45) is 0 Å². The lowest BCUT2D eigenvalue weighted by molar-refractivity contribution is -0.136. The SMILES string of the molecule is COC(=O)C1=C(C)N(Cc2ccccc2)C(=O)/C1=C\c1cc(C)n(-c2ccc(Cl)c(Cl)c2)c1C. The Balaban J connectivity index is 1.79. The van der Waals surface area contributed by atoms with Crippen molar-refractivity contribution in [2.75, 3.05) is 7.11 Å². The van der Waals surface area contributed by atoms with Crippen molar-refractivity contribution in [1.29, 1.82) is 0 Å². The summed E-state index contributed by atoms with van der Waals surface area (Å²) in [4.78, 5) is 27.8. The number of methoxy groups -OCH3 is 1. The van der Waals surface area contributed by atoms with Crippen LogP contribution in [0.2, 0.25) is 10.0 Å². The molecule has 174 valence electrons. The summed E-state index contributed by atoms with van der Waals surface area (Å²) in [5, 5.41) is 0.939. The Kier molecular flexibility index (Phi) is 6.69. The Morgan fingerprint density at radius 2 is 1.71 bits per heavy atom. The summed E-state index contributed by atoms with van der Waals surface area (Å²) in [6.07, 6.45) is 1.76. The number of nitrogens with zero attached hydrogens (tertiary/aromatic N) is 2. The van der Waals surface area contributed by atoms with Crippen LogP contribution < -0.4 is 0 Å². The van der Waals surface area contributed by atoms with Gasteiger partial charge in [0.15, 0.2) is 0 Å². The van der Waals surface area contributed by atoms with E-state index in [1.54, 1.807) is 30.0 Å². The molecule has 0 N–H and O–H groups in total. The van der Waals surface area contributed by atoms with Gasteiger partial charge in [-0.1, -0.05) is 53.5 Å². The van der Waals surface area contributed by atoms with Crippen LogP contribution in [0.25, 0.3) is 11.8 Å². The Bertz CT molecular complexity index is 1350. The van der Waals surface area contributed by atoms with E-state index in [1.807, 2.05) is 60.9 Å². The van der Waals surface area contributed by atoms with Gasteiger partial charge >= 0.3 is 5.97 Å². The molecule has 0 saturated heterocycles. The van der Waals surface area contributed by atoms with E-state index in [9.17, 15) is 9.59 Å². The van der Waals surface area contributed by atoms with Gasteiger partial charge in [-0.15, -0.1) is 0 Å². The van der Waals surface area contributed by atoms with Gasteiger partial charge in [0.2, 0.25) is 0 Å². The average molecular weight is 495 g/mol. The maximum atomic E-state index is 13.5. The maximum Gasteiger partial charge on any atom is 0.340 e. The highest BCUT2D eigenvalue weighted by atomic mass is 35.5. The molecule has 0 saturated carbocycles. The quantitative estimate of drug-likeness (QED) is 0.310. The van der Waals surface area contributed by atoms with Gasteiger partial charge in [-0.3, -0.25) is 4.79 Å². The summed E-state index contributed by atoms with van der Waals surface area (Å²) in [5.74, 6) is -0.771. The van der Waals surface area contributed by atoms with E-state index >= 15 is 0 Å². The second-order valence-corrected chi connectivity index (χ2v) is 8.96. The molecule has 34 heavy (non-hydrogen) atoms. The van der Waals surface area contributed by atoms with Gasteiger partial charge in [-0.05, 0) is 62.2 Å². The number of allylic oxidation sites excluding steroid dienone is 1. The van der Waals surface area contributed by atoms with Crippen LogP contribution in [0.3, 0.4) is 0 Å². The Morgan fingerprint density at radius 1 is 1.00 bits per heavy atom. The first-order chi connectivity index (χ1) is 16.2. The third-order valence-electron chi connectivity index (χ3n) is 6.02. The van der Waals surface area contributed by atoms with Gasteiger partial charge in [0, 0.05) is 22.8 Å². The van der Waals surface area contributed by atoms with E-state index in [2.05, 4.69) is 0 Å².